The second-order valence-electron chi connectivity index (χ2n) is 7.58. The zero-order valence-electron chi connectivity index (χ0n) is 17.1. The molecule has 1 aromatic heterocycles. The summed E-state index contributed by atoms with van der Waals surface area (Å²) in [4.78, 5) is 10.9. The lowest BCUT2D eigenvalue weighted by atomic mass is 10.1. The minimum atomic E-state index is -0.762. The van der Waals surface area contributed by atoms with E-state index in [-0.39, 0.29) is 6.42 Å². The molecule has 0 aliphatic heterocycles. The third kappa shape index (κ3) is 6.38. The molecule has 156 valence electrons. The minimum absolute atomic E-state index is 0.165. The number of halogens is 2. The van der Waals surface area contributed by atoms with Crippen molar-refractivity contribution < 1.29 is 14.5 Å². The fraction of sp³-hybridized carbons (Fsp3) is 0.636. The average Bonchev–Trinajstić information content (AvgIpc) is 2.89. The highest BCUT2D eigenvalue weighted by Crippen LogP contribution is 2.28. The first-order chi connectivity index (χ1) is 13.5. The summed E-state index contributed by atoms with van der Waals surface area (Å²) >= 11 is 12.5. The Morgan fingerprint density at radius 1 is 1.00 bits per heavy atom. The Labute approximate surface area is 178 Å². The number of fused-ring (bicyclic) bond motifs is 1. The van der Waals surface area contributed by atoms with Gasteiger partial charge in [-0.3, -0.25) is 4.79 Å². The van der Waals surface area contributed by atoms with Crippen LogP contribution in [0.4, 0.5) is 0 Å². The summed E-state index contributed by atoms with van der Waals surface area (Å²) < 4.78 is 4.47. The van der Waals surface area contributed by atoms with Gasteiger partial charge in [-0.1, -0.05) is 68.7 Å². The van der Waals surface area contributed by atoms with Crippen LogP contribution in [0.1, 0.15) is 77.0 Å². The number of aliphatic carboxylic acids is 1. The molecule has 0 spiro atoms. The Bertz CT molecular complexity index is 787. The second kappa shape index (κ2) is 11.7. The number of unbranched alkanes of at least 4 members (excludes halogenated alkanes) is 7. The Hall–Kier alpha value is -1.26. The van der Waals surface area contributed by atoms with Crippen molar-refractivity contribution >= 4 is 40.2 Å². The summed E-state index contributed by atoms with van der Waals surface area (Å²) in [7, 11) is 0. The maximum Gasteiger partial charge on any atom is 0.303 e. The van der Waals surface area contributed by atoms with Crippen LogP contribution < -0.4 is 4.57 Å². The summed E-state index contributed by atoms with van der Waals surface area (Å²) in [5, 5.41) is 10.0. The average molecular weight is 428 g/mol. The Kier molecular flexibility index (Phi) is 9.60. The molecule has 4 nitrogen and oxygen atoms in total. The smallest absolute Gasteiger partial charge is 0.303 e. The van der Waals surface area contributed by atoms with Crippen molar-refractivity contribution in [2.24, 2.45) is 0 Å². The van der Waals surface area contributed by atoms with E-state index in [0.717, 1.165) is 29.8 Å². The number of carboxylic acids is 1. The van der Waals surface area contributed by atoms with Gasteiger partial charge in [-0.05, 0) is 19.3 Å². The van der Waals surface area contributed by atoms with E-state index in [1.54, 1.807) is 0 Å². The number of nitrogens with zero attached hydrogens (tertiary/aromatic N) is 2. The molecule has 0 unspecified atom stereocenters. The first kappa shape index (κ1) is 23.0. The van der Waals surface area contributed by atoms with E-state index in [0.29, 0.717) is 23.0 Å². The van der Waals surface area contributed by atoms with E-state index >= 15 is 0 Å². The Morgan fingerprint density at radius 2 is 1.61 bits per heavy atom. The van der Waals surface area contributed by atoms with Crippen molar-refractivity contribution in [1.29, 1.82) is 0 Å². The van der Waals surface area contributed by atoms with Crippen LogP contribution in [-0.4, -0.2) is 15.6 Å². The van der Waals surface area contributed by atoms with Crippen molar-refractivity contribution in [2.45, 2.75) is 91.1 Å². The SMILES string of the molecule is CCCCCCCCCCn1c(C)[n+](CCCC(=O)O)c2cc(Cl)c(Cl)cc21. The number of imidazole rings is 1. The third-order valence-corrected chi connectivity index (χ3v) is 6.11. The quantitative estimate of drug-likeness (QED) is 0.290. The van der Waals surface area contributed by atoms with Crippen molar-refractivity contribution in [3.05, 3.63) is 28.0 Å². The van der Waals surface area contributed by atoms with E-state index in [1.807, 2.05) is 12.1 Å². The number of carboxylic acid groups (broad SMARTS) is 1. The molecule has 2 rings (SSSR count). The standard InChI is InChI=1S/C22H32Cl2N2O2/c1-3-4-5-6-7-8-9-10-13-25-17(2)26(14-11-12-22(27)28)21-16-19(24)18(23)15-20(21)25/h15-16H,3-14H2,1-2H3/p+1. The summed E-state index contributed by atoms with van der Waals surface area (Å²) in [6.45, 7) is 5.95. The summed E-state index contributed by atoms with van der Waals surface area (Å²) in [6.07, 6.45) is 11.1. The van der Waals surface area contributed by atoms with E-state index in [1.165, 1.54) is 44.9 Å². The van der Waals surface area contributed by atoms with Gasteiger partial charge in [0.2, 0.25) is 0 Å². The van der Waals surface area contributed by atoms with Gasteiger partial charge in [0.1, 0.15) is 0 Å². The fourth-order valence-electron chi connectivity index (χ4n) is 3.81. The highest BCUT2D eigenvalue weighted by atomic mass is 35.5. The maximum atomic E-state index is 10.9. The molecule has 0 fully saturated rings. The minimum Gasteiger partial charge on any atom is -0.481 e. The van der Waals surface area contributed by atoms with E-state index < -0.39 is 5.97 Å². The lowest BCUT2D eigenvalue weighted by molar-refractivity contribution is -0.678. The number of hydrogen-bond acceptors (Lipinski definition) is 1. The van der Waals surface area contributed by atoms with Gasteiger partial charge in [0, 0.05) is 25.5 Å². The lowest BCUT2D eigenvalue weighted by Crippen LogP contribution is -2.36. The van der Waals surface area contributed by atoms with E-state index in [2.05, 4.69) is 23.0 Å². The van der Waals surface area contributed by atoms with Crippen molar-refractivity contribution in [3.63, 3.8) is 0 Å². The van der Waals surface area contributed by atoms with Gasteiger partial charge in [0.15, 0.2) is 11.0 Å². The molecule has 0 amide bonds. The van der Waals surface area contributed by atoms with Crippen molar-refractivity contribution in [3.8, 4) is 0 Å². The van der Waals surface area contributed by atoms with Crippen LogP contribution in [0, 0.1) is 6.92 Å². The topological polar surface area (TPSA) is 46.1 Å². The number of aromatic nitrogens is 2. The molecule has 6 heteroatoms. The molecular weight excluding hydrogens is 395 g/mol. The van der Waals surface area contributed by atoms with Crippen LogP contribution in [0.3, 0.4) is 0 Å². The van der Waals surface area contributed by atoms with Crippen LogP contribution in [-0.2, 0) is 17.9 Å². The van der Waals surface area contributed by atoms with Gasteiger partial charge in [-0.2, -0.15) is 0 Å². The predicted molar refractivity (Wildman–Crippen MR) is 116 cm³/mol. The Morgan fingerprint density at radius 3 is 2.25 bits per heavy atom. The van der Waals surface area contributed by atoms with Crippen molar-refractivity contribution in [2.75, 3.05) is 0 Å². The van der Waals surface area contributed by atoms with Gasteiger partial charge < -0.3 is 5.11 Å². The fourth-order valence-corrected chi connectivity index (χ4v) is 4.13. The molecule has 2 aromatic rings. The number of carbonyl (C=O) groups is 1. The lowest BCUT2D eigenvalue weighted by Gasteiger charge is -2.03. The second-order valence-corrected chi connectivity index (χ2v) is 8.39. The summed E-state index contributed by atoms with van der Waals surface area (Å²) in [6, 6.07) is 3.84. The molecule has 0 aliphatic rings. The summed E-state index contributed by atoms with van der Waals surface area (Å²) in [5.41, 5.74) is 2.10. The molecule has 1 N–H and O–H groups in total. The van der Waals surface area contributed by atoms with Gasteiger partial charge in [0.05, 0.1) is 23.1 Å². The predicted octanol–water partition coefficient (Wildman–Crippen LogP) is 6.55. The van der Waals surface area contributed by atoms with Crippen LogP contribution >= 0.6 is 23.2 Å². The van der Waals surface area contributed by atoms with Gasteiger partial charge in [-0.25, -0.2) is 9.13 Å². The zero-order valence-corrected chi connectivity index (χ0v) is 18.7. The molecule has 0 aliphatic carbocycles. The maximum absolute atomic E-state index is 10.9. The summed E-state index contributed by atoms with van der Waals surface area (Å²) in [5.74, 6) is 0.365. The molecule has 28 heavy (non-hydrogen) atoms. The normalized spacial score (nSPS) is 11.4. The van der Waals surface area contributed by atoms with Crippen molar-refractivity contribution in [1.82, 2.24) is 4.57 Å². The highest BCUT2D eigenvalue weighted by Gasteiger charge is 2.23. The molecule has 1 heterocycles. The van der Waals surface area contributed by atoms with E-state index in [9.17, 15) is 4.79 Å². The van der Waals surface area contributed by atoms with Crippen LogP contribution in [0.25, 0.3) is 11.0 Å². The molecule has 0 saturated heterocycles. The molecular formula is C22H33Cl2N2O2+. The van der Waals surface area contributed by atoms with Gasteiger partial charge >= 0.3 is 5.97 Å². The third-order valence-electron chi connectivity index (χ3n) is 5.39. The van der Waals surface area contributed by atoms with E-state index in [4.69, 9.17) is 28.3 Å². The largest absolute Gasteiger partial charge is 0.481 e. The monoisotopic (exact) mass is 427 g/mol. The van der Waals surface area contributed by atoms with Crippen LogP contribution in [0.15, 0.2) is 12.1 Å². The van der Waals surface area contributed by atoms with Crippen LogP contribution in [0.2, 0.25) is 10.0 Å². The van der Waals surface area contributed by atoms with Crippen LogP contribution in [0.5, 0.6) is 0 Å². The number of hydrogen-bond donors (Lipinski definition) is 1. The molecule has 0 saturated carbocycles. The van der Waals surface area contributed by atoms with Gasteiger partial charge in [0.25, 0.3) is 5.82 Å². The molecule has 1 aromatic carbocycles. The Balaban J connectivity index is 2.06. The zero-order chi connectivity index (χ0) is 20.5. The number of benzene rings is 1. The first-order valence-corrected chi connectivity index (χ1v) is 11.3. The first-order valence-electron chi connectivity index (χ1n) is 10.5. The number of aryl methyl sites for hydroxylation is 2. The highest BCUT2D eigenvalue weighted by molar-refractivity contribution is 6.42. The van der Waals surface area contributed by atoms with Gasteiger partial charge in [-0.15, -0.1) is 0 Å². The molecule has 0 bridgehead atoms. The number of rotatable bonds is 13. The molecule has 0 radical (unpaired) electrons. The molecule has 0 atom stereocenters.